The SMILES string of the molecule is CCC[CH2][Sn]([CH2]CCC)([CH2]CCC)[C]1=C[C@@H](O[Si](C)(C)C(C)(C)C)[C@@H](O[Si](C)(C)C(C)(C)C)[C@@H](O[Si](C)(C)C(C)(C)C)O1. The molecule has 1 heterocycles. The van der Waals surface area contributed by atoms with E-state index in [4.69, 9.17) is 18.0 Å². The molecule has 0 amide bonds. The predicted octanol–water partition coefficient (Wildman–Crippen LogP) is 12.4. The first-order valence-corrected chi connectivity index (χ1v) is 33.9. The summed E-state index contributed by atoms with van der Waals surface area (Å²) in [4.78, 5) is 0. The van der Waals surface area contributed by atoms with Gasteiger partial charge >= 0.3 is 279 Å². The number of rotatable bonds is 16. The Hall–Kier alpha value is 0.869. The van der Waals surface area contributed by atoms with Crippen molar-refractivity contribution in [3.05, 3.63) is 9.85 Å². The third kappa shape index (κ3) is 11.2. The topological polar surface area (TPSA) is 36.9 Å². The van der Waals surface area contributed by atoms with Crippen molar-refractivity contribution in [2.45, 2.75) is 208 Å². The van der Waals surface area contributed by atoms with Gasteiger partial charge in [0.25, 0.3) is 0 Å². The molecule has 0 aromatic carbocycles. The van der Waals surface area contributed by atoms with Gasteiger partial charge in [-0.3, -0.25) is 0 Å². The van der Waals surface area contributed by atoms with Gasteiger partial charge in [0.15, 0.2) is 0 Å². The number of unbranched alkanes of at least 4 members (excludes halogenated alkanes) is 3. The molecule has 0 N–H and O–H groups in total. The molecule has 0 bridgehead atoms. The number of ether oxygens (including phenoxy) is 1. The van der Waals surface area contributed by atoms with Crippen molar-refractivity contribution in [3.63, 3.8) is 0 Å². The second kappa shape index (κ2) is 15.8. The van der Waals surface area contributed by atoms with Crippen LogP contribution in [0.3, 0.4) is 0 Å². The van der Waals surface area contributed by atoms with Gasteiger partial charge in [-0.25, -0.2) is 0 Å². The zero-order valence-corrected chi connectivity index (χ0v) is 38.2. The maximum absolute atomic E-state index is 7.43. The van der Waals surface area contributed by atoms with Crippen molar-refractivity contribution in [3.8, 4) is 0 Å². The summed E-state index contributed by atoms with van der Waals surface area (Å²) in [7, 11) is -6.48. The van der Waals surface area contributed by atoms with Crippen molar-refractivity contribution in [2.24, 2.45) is 0 Å². The van der Waals surface area contributed by atoms with E-state index in [9.17, 15) is 0 Å². The fraction of sp³-hybridized carbons (Fsp3) is 0.943. The van der Waals surface area contributed by atoms with E-state index in [0.717, 1.165) is 0 Å². The van der Waals surface area contributed by atoms with E-state index in [1.165, 1.54) is 55.6 Å². The quantitative estimate of drug-likeness (QED) is 0.147. The van der Waals surface area contributed by atoms with Crippen LogP contribution in [-0.4, -0.2) is 61.8 Å². The zero-order chi connectivity index (χ0) is 33.7. The van der Waals surface area contributed by atoms with Crippen LogP contribution in [0.25, 0.3) is 0 Å². The molecule has 1 rings (SSSR count). The van der Waals surface area contributed by atoms with Crippen molar-refractivity contribution in [1.29, 1.82) is 0 Å². The summed E-state index contributed by atoms with van der Waals surface area (Å²) >= 11 is -2.94. The summed E-state index contributed by atoms with van der Waals surface area (Å²) < 4.78 is 34.9. The van der Waals surface area contributed by atoms with Gasteiger partial charge in [0.1, 0.15) is 0 Å². The molecule has 0 unspecified atom stereocenters. The number of hydrogen-bond donors (Lipinski definition) is 0. The zero-order valence-electron chi connectivity index (χ0n) is 32.3. The predicted molar refractivity (Wildman–Crippen MR) is 200 cm³/mol. The van der Waals surface area contributed by atoms with Gasteiger partial charge in [0, 0.05) is 0 Å². The molecule has 0 aromatic rings. The van der Waals surface area contributed by atoms with E-state index in [2.05, 4.69) is 128 Å². The molecule has 256 valence electrons. The molecule has 1 aliphatic heterocycles. The molecule has 0 aliphatic carbocycles. The summed E-state index contributed by atoms with van der Waals surface area (Å²) in [6, 6.07) is 0. The second-order valence-electron chi connectivity index (χ2n) is 18.2. The summed E-state index contributed by atoms with van der Waals surface area (Å²) in [6.45, 7) is 42.3. The molecule has 0 aromatic heterocycles. The van der Waals surface area contributed by atoms with E-state index in [1.54, 1.807) is 0 Å². The van der Waals surface area contributed by atoms with Crippen LogP contribution in [0, 0.1) is 0 Å². The standard InChI is InChI=1S/C23H49O4Si3.3C4H9.Sn/c1-21(2,3)28(10,11)25-18-16-17-24-20(27-30(14,15)23(7,8)9)19(18)26-29(12,13)22(4,5)6;3*1-3-4-2;/h16,18-20H,1-15H3;3*1,3-4H2,2H3;/t18-,19-,20-;;;;/m1..../s1. The van der Waals surface area contributed by atoms with Crippen LogP contribution in [0.15, 0.2) is 9.85 Å². The van der Waals surface area contributed by atoms with E-state index < -0.39 is 49.6 Å². The first-order chi connectivity index (χ1) is 19.3. The molecule has 0 saturated heterocycles. The molecule has 0 radical (unpaired) electrons. The van der Waals surface area contributed by atoms with E-state index in [0.29, 0.717) is 0 Å². The molecule has 43 heavy (non-hydrogen) atoms. The Kier molecular flexibility index (Phi) is 15.4. The summed E-state index contributed by atoms with van der Waals surface area (Å²) in [5.74, 6) is 0. The maximum atomic E-state index is 7.43. The number of hydrogen-bond acceptors (Lipinski definition) is 4. The first-order valence-electron chi connectivity index (χ1n) is 17.7. The first kappa shape index (κ1) is 41.9. The minimum absolute atomic E-state index is 0.0714. The summed E-state index contributed by atoms with van der Waals surface area (Å²) in [5, 5.41) is 0.248. The van der Waals surface area contributed by atoms with Gasteiger partial charge in [-0.05, 0) is 0 Å². The van der Waals surface area contributed by atoms with Gasteiger partial charge in [0.2, 0.25) is 0 Å². The van der Waals surface area contributed by atoms with Crippen molar-refractivity contribution >= 4 is 43.3 Å². The average molecular weight is 764 g/mol. The normalized spacial score (nSPS) is 21.5. The second-order valence-corrected chi connectivity index (χ2v) is 45.4. The monoisotopic (exact) mass is 764 g/mol. The minimum atomic E-state index is -2.94. The van der Waals surface area contributed by atoms with Crippen molar-refractivity contribution in [1.82, 2.24) is 0 Å². The van der Waals surface area contributed by atoms with Crippen LogP contribution in [0.4, 0.5) is 0 Å². The van der Waals surface area contributed by atoms with Crippen molar-refractivity contribution < 1.29 is 18.0 Å². The Morgan fingerprint density at radius 2 is 0.953 bits per heavy atom. The third-order valence-electron chi connectivity index (χ3n) is 11.4. The molecule has 8 heteroatoms. The summed E-state index contributed by atoms with van der Waals surface area (Å²) in [6.07, 6.45) is 9.29. The van der Waals surface area contributed by atoms with Gasteiger partial charge in [-0.15, -0.1) is 0 Å². The van der Waals surface area contributed by atoms with Crippen LogP contribution < -0.4 is 0 Å². The van der Waals surface area contributed by atoms with E-state index >= 15 is 0 Å². The molecule has 3 atom stereocenters. The Labute approximate surface area is 277 Å². The molecular formula is C35H76O4Si3Sn. The Morgan fingerprint density at radius 3 is 1.30 bits per heavy atom. The molecule has 0 spiro atoms. The van der Waals surface area contributed by atoms with Crippen LogP contribution in [0.1, 0.15) is 122 Å². The van der Waals surface area contributed by atoms with Crippen LogP contribution in [0.2, 0.25) is 67.7 Å². The van der Waals surface area contributed by atoms with Crippen LogP contribution in [-0.2, 0) is 18.0 Å². The van der Waals surface area contributed by atoms with Gasteiger partial charge < -0.3 is 0 Å². The van der Waals surface area contributed by atoms with Crippen LogP contribution >= 0.6 is 0 Å². The third-order valence-corrected chi connectivity index (χ3v) is 39.8. The van der Waals surface area contributed by atoms with E-state index in [1.807, 2.05) is 0 Å². The molecular weight excluding hydrogens is 687 g/mol. The average Bonchev–Trinajstić information content (AvgIpc) is 2.83. The summed E-state index contributed by atoms with van der Waals surface area (Å²) in [5.41, 5.74) is 0. The fourth-order valence-corrected chi connectivity index (χ4v) is 24.3. The Morgan fingerprint density at radius 1 is 0.605 bits per heavy atom. The van der Waals surface area contributed by atoms with Crippen molar-refractivity contribution in [2.75, 3.05) is 0 Å². The molecule has 0 fully saturated rings. The van der Waals surface area contributed by atoms with Gasteiger partial charge in [-0.1, -0.05) is 0 Å². The van der Waals surface area contributed by atoms with Gasteiger partial charge in [0.05, 0.1) is 0 Å². The van der Waals surface area contributed by atoms with Crippen LogP contribution in [0.5, 0.6) is 0 Å². The molecule has 0 saturated carbocycles. The molecule has 4 nitrogen and oxygen atoms in total. The van der Waals surface area contributed by atoms with E-state index in [-0.39, 0.29) is 27.3 Å². The Bertz CT molecular complexity index is 859. The Balaban J connectivity index is 4.02. The molecule has 1 aliphatic rings. The fourth-order valence-electron chi connectivity index (χ4n) is 5.04. The van der Waals surface area contributed by atoms with Gasteiger partial charge in [-0.2, -0.15) is 0 Å².